The van der Waals surface area contributed by atoms with Crippen LogP contribution in [0.1, 0.15) is 22.3 Å². The Bertz CT molecular complexity index is 917. The Hall–Kier alpha value is -2.66. The number of nitrogens with one attached hydrogen (secondary N) is 1. The molecule has 0 saturated carbocycles. The average molecular weight is 410 g/mol. The molecule has 3 aromatic rings. The first kappa shape index (κ1) is 18.1. The molecule has 0 atom stereocenters. The van der Waals surface area contributed by atoms with Gasteiger partial charge in [0.25, 0.3) is 0 Å². The fraction of sp³-hybridized carbons (Fsp3) is 0.143. The molecule has 5 heteroatoms. The predicted molar refractivity (Wildman–Crippen MR) is 108 cm³/mol. The first-order valence-electron chi connectivity index (χ1n) is 8.38. The van der Waals surface area contributed by atoms with E-state index in [0.29, 0.717) is 13.1 Å². The van der Waals surface area contributed by atoms with Crippen LogP contribution in [-0.2, 0) is 17.9 Å². The van der Waals surface area contributed by atoms with E-state index in [9.17, 15) is 4.79 Å². The number of amides is 1. The zero-order valence-corrected chi connectivity index (χ0v) is 16.1. The lowest BCUT2D eigenvalue weighted by atomic mass is 10.1. The molecule has 0 bridgehead atoms. The standard InChI is InChI=1S/C21H20BrN3O/c1-16-7-8-17(20(22)13-16)9-10-21(26)23-14-18-5-2-3-6-19(18)15-25-12-4-11-24-25/h2-13H,14-15H2,1H3,(H,23,26)/b10-9+. The van der Waals surface area contributed by atoms with Crippen LogP contribution in [0, 0.1) is 6.92 Å². The fourth-order valence-electron chi connectivity index (χ4n) is 2.63. The van der Waals surface area contributed by atoms with Crippen LogP contribution in [-0.4, -0.2) is 15.7 Å². The van der Waals surface area contributed by atoms with Crippen LogP contribution >= 0.6 is 15.9 Å². The second-order valence-corrected chi connectivity index (χ2v) is 6.90. The van der Waals surface area contributed by atoms with Crippen molar-refractivity contribution >= 4 is 27.9 Å². The van der Waals surface area contributed by atoms with Gasteiger partial charge in [0, 0.05) is 29.5 Å². The number of carbonyl (C=O) groups is 1. The second kappa shape index (κ2) is 8.63. The summed E-state index contributed by atoms with van der Waals surface area (Å²) in [5, 5.41) is 7.19. The van der Waals surface area contributed by atoms with Crippen molar-refractivity contribution in [2.24, 2.45) is 0 Å². The van der Waals surface area contributed by atoms with Crippen molar-refractivity contribution in [3.8, 4) is 0 Å². The fourth-order valence-corrected chi connectivity index (χ4v) is 3.25. The molecule has 1 heterocycles. The third-order valence-corrected chi connectivity index (χ3v) is 4.72. The number of halogens is 1. The number of carbonyl (C=O) groups excluding carboxylic acids is 1. The summed E-state index contributed by atoms with van der Waals surface area (Å²) in [7, 11) is 0. The molecule has 1 N–H and O–H groups in total. The number of nitrogens with zero attached hydrogens (tertiary/aromatic N) is 2. The van der Waals surface area contributed by atoms with Gasteiger partial charge in [-0.1, -0.05) is 52.3 Å². The zero-order valence-electron chi connectivity index (χ0n) is 14.5. The Balaban J connectivity index is 1.62. The van der Waals surface area contributed by atoms with E-state index >= 15 is 0 Å². The van der Waals surface area contributed by atoms with E-state index in [4.69, 9.17) is 0 Å². The minimum absolute atomic E-state index is 0.119. The maximum absolute atomic E-state index is 12.2. The molecule has 0 aliphatic carbocycles. The molecule has 0 unspecified atom stereocenters. The van der Waals surface area contributed by atoms with Gasteiger partial charge in [0.05, 0.1) is 6.54 Å². The highest BCUT2D eigenvalue weighted by atomic mass is 79.9. The molecule has 2 aromatic carbocycles. The van der Waals surface area contributed by atoms with Gasteiger partial charge < -0.3 is 5.32 Å². The van der Waals surface area contributed by atoms with Crippen molar-refractivity contribution in [3.63, 3.8) is 0 Å². The topological polar surface area (TPSA) is 46.9 Å². The lowest BCUT2D eigenvalue weighted by molar-refractivity contribution is -0.116. The summed E-state index contributed by atoms with van der Waals surface area (Å²) in [6.45, 7) is 3.20. The maximum Gasteiger partial charge on any atom is 0.244 e. The summed E-state index contributed by atoms with van der Waals surface area (Å²) in [6, 6.07) is 16.0. The minimum Gasteiger partial charge on any atom is -0.348 e. The summed E-state index contributed by atoms with van der Waals surface area (Å²) in [4.78, 5) is 12.2. The van der Waals surface area contributed by atoms with Crippen molar-refractivity contribution in [2.75, 3.05) is 0 Å². The van der Waals surface area contributed by atoms with Crippen molar-refractivity contribution < 1.29 is 4.79 Å². The van der Waals surface area contributed by atoms with E-state index in [1.807, 2.05) is 66.3 Å². The summed E-state index contributed by atoms with van der Waals surface area (Å²) >= 11 is 3.52. The maximum atomic E-state index is 12.2. The molecule has 1 amide bonds. The highest BCUT2D eigenvalue weighted by molar-refractivity contribution is 9.10. The quantitative estimate of drug-likeness (QED) is 0.615. The van der Waals surface area contributed by atoms with Crippen LogP contribution in [0.2, 0.25) is 0 Å². The van der Waals surface area contributed by atoms with E-state index in [1.54, 1.807) is 12.3 Å². The number of aryl methyl sites for hydroxylation is 1. The lowest BCUT2D eigenvalue weighted by Gasteiger charge is -2.10. The summed E-state index contributed by atoms with van der Waals surface area (Å²) in [5.41, 5.74) is 4.38. The van der Waals surface area contributed by atoms with Crippen LogP contribution in [0.25, 0.3) is 6.08 Å². The van der Waals surface area contributed by atoms with Crippen LogP contribution in [0.15, 0.2) is 71.5 Å². The van der Waals surface area contributed by atoms with E-state index in [-0.39, 0.29) is 5.91 Å². The van der Waals surface area contributed by atoms with Gasteiger partial charge >= 0.3 is 0 Å². The Labute approximate surface area is 161 Å². The minimum atomic E-state index is -0.119. The molecule has 0 saturated heterocycles. The number of hydrogen-bond acceptors (Lipinski definition) is 2. The van der Waals surface area contributed by atoms with E-state index in [0.717, 1.165) is 21.2 Å². The Kier molecular flexibility index (Phi) is 6.02. The largest absolute Gasteiger partial charge is 0.348 e. The first-order valence-corrected chi connectivity index (χ1v) is 9.17. The van der Waals surface area contributed by atoms with Crippen LogP contribution in [0.4, 0.5) is 0 Å². The lowest BCUT2D eigenvalue weighted by Crippen LogP contribution is -2.21. The van der Waals surface area contributed by atoms with Crippen molar-refractivity contribution in [2.45, 2.75) is 20.0 Å². The average Bonchev–Trinajstić information content (AvgIpc) is 3.13. The molecular formula is C21H20BrN3O. The van der Waals surface area contributed by atoms with E-state index < -0.39 is 0 Å². The predicted octanol–water partition coefficient (Wildman–Crippen LogP) is 4.33. The molecule has 0 radical (unpaired) electrons. The molecule has 0 aliphatic heterocycles. The summed E-state index contributed by atoms with van der Waals surface area (Å²) < 4.78 is 2.85. The zero-order chi connectivity index (χ0) is 18.4. The molecule has 132 valence electrons. The van der Waals surface area contributed by atoms with Gasteiger partial charge in [0.1, 0.15) is 0 Å². The van der Waals surface area contributed by atoms with Crippen molar-refractivity contribution in [3.05, 3.63) is 93.7 Å². The molecule has 3 rings (SSSR count). The SMILES string of the molecule is Cc1ccc(/C=C/C(=O)NCc2ccccc2Cn2cccn2)c(Br)c1. The summed E-state index contributed by atoms with van der Waals surface area (Å²) in [5.74, 6) is -0.119. The molecule has 0 spiro atoms. The van der Waals surface area contributed by atoms with E-state index in [1.165, 1.54) is 5.56 Å². The third-order valence-electron chi connectivity index (χ3n) is 4.03. The van der Waals surface area contributed by atoms with Crippen molar-refractivity contribution in [1.82, 2.24) is 15.1 Å². The monoisotopic (exact) mass is 409 g/mol. The molecule has 26 heavy (non-hydrogen) atoms. The Morgan fingerprint density at radius 2 is 2.00 bits per heavy atom. The van der Waals surface area contributed by atoms with Gasteiger partial charge in [0.2, 0.25) is 5.91 Å². The molecular weight excluding hydrogens is 390 g/mol. The normalized spacial score (nSPS) is 11.0. The van der Waals surface area contributed by atoms with Crippen LogP contribution in [0.5, 0.6) is 0 Å². The van der Waals surface area contributed by atoms with Gasteiger partial charge in [-0.25, -0.2) is 0 Å². The van der Waals surface area contributed by atoms with Gasteiger partial charge in [0.15, 0.2) is 0 Å². The van der Waals surface area contributed by atoms with Crippen LogP contribution < -0.4 is 5.32 Å². The number of hydrogen-bond donors (Lipinski definition) is 1. The van der Waals surface area contributed by atoms with Gasteiger partial charge in [-0.15, -0.1) is 0 Å². The second-order valence-electron chi connectivity index (χ2n) is 6.05. The van der Waals surface area contributed by atoms with Gasteiger partial charge in [-0.3, -0.25) is 9.48 Å². The number of rotatable bonds is 6. The van der Waals surface area contributed by atoms with Crippen molar-refractivity contribution in [1.29, 1.82) is 0 Å². The van der Waals surface area contributed by atoms with Gasteiger partial charge in [-0.05, 0) is 47.4 Å². The molecule has 0 aliphatic rings. The highest BCUT2D eigenvalue weighted by Gasteiger charge is 2.04. The van der Waals surface area contributed by atoms with Gasteiger partial charge in [-0.2, -0.15) is 5.10 Å². The third kappa shape index (κ3) is 4.92. The molecule has 4 nitrogen and oxygen atoms in total. The highest BCUT2D eigenvalue weighted by Crippen LogP contribution is 2.19. The molecule has 1 aromatic heterocycles. The Morgan fingerprint density at radius 1 is 1.19 bits per heavy atom. The molecule has 0 fully saturated rings. The smallest absolute Gasteiger partial charge is 0.244 e. The Morgan fingerprint density at radius 3 is 2.73 bits per heavy atom. The first-order chi connectivity index (χ1) is 12.6. The van der Waals surface area contributed by atoms with E-state index in [2.05, 4.69) is 32.4 Å². The summed E-state index contributed by atoms with van der Waals surface area (Å²) in [6.07, 6.45) is 7.07. The van der Waals surface area contributed by atoms with Crippen LogP contribution in [0.3, 0.4) is 0 Å². The number of aromatic nitrogens is 2. The number of benzene rings is 2.